The number of ether oxygens (including phenoxy) is 1. The van der Waals surface area contributed by atoms with E-state index < -0.39 is 0 Å². The van der Waals surface area contributed by atoms with Gasteiger partial charge in [0.05, 0.1) is 12.6 Å². The first-order valence-corrected chi connectivity index (χ1v) is 8.03. The molecule has 1 saturated heterocycles. The largest absolute Gasteiger partial charge is 0.381 e. The SMILES string of the molecule is Cc1ccsc1C1CCNc2nc(C3CCOC3)nn21. The van der Waals surface area contributed by atoms with Crippen molar-refractivity contribution in [3.63, 3.8) is 0 Å². The van der Waals surface area contributed by atoms with E-state index in [1.165, 1.54) is 10.4 Å². The number of thiophene rings is 1. The van der Waals surface area contributed by atoms with Crippen LogP contribution >= 0.6 is 11.3 Å². The molecule has 2 atom stereocenters. The first-order chi connectivity index (χ1) is 9.83. The van der Waals surface area contributed by atoms with Crippen molar-refractivity contribution in [3.05, 3.63) is 27.7 Å². The number of anilines is 1. The summed E-state index contributed by atoms with van der Waals surface area (Å²) in [6, 6.07) is 2.51. The molecule has 1 N–H and O–H groups in total. The van der Waals surface area contributed by atoms with Crippen LogP contribution in [-0.4, -0.2) is 34.5 Å². The van der Waals surface area contributed by atoms with E-state index in [9.17, 15) is 0 Å². The van der Waals surface area contributed by atoms with E-state index >= 15 is 0 Å². The number of rotatable bonds is 2. The van der Waals surface area contributed by atoms with Crippen molar-refractivity contribution >= 4 is 17.3 Å². The second-order valence-corrected chi connectivity index (χ2v) is 6.45. The van der Waals surface area contributed by atoms with E-state index in [0.717, 1.165) is 44.4 Å². The van der Waals surface area contributed by atoms with E-state index in [0.29, 0.717) is 12.0 Å². The van der Waals surface area contributed by atoms with Crippen LogP contribution in [0.2, 0.25) is 0 Å². The zero-order valence-electron chi connectivity index (χ0n) is 11.5. The lowest BCUT2D eigenvalue weighted by Crippen LogP contribution is -2.24. The van der Waals surface area contributed by atoms with Crippen LogP contribution in [0.3, 0.4) is 0 Å². The predicted molar refractivity (Wildman–Crippen MR) is 78.5 cm³/mol. The minimum Gasteiger partial charge on any atom is -0.381 e. The summed E-state index contributed by atoms with van der Waals surface area (Å²) in [6.45, 7) is 4.72. The molecule has 4 rings (SSSR count). The molecule has 0 amide bonds. The minimum absolute atomic E-state index is 0.329. The molecule has 0 saturated carbocycles. The Kier molecular flexibility index (Phi) is 3.00. The monoisotopic (exact) mass is 290 g/mol. The molecular formula is C14H18N4OS. The molecule has 0 radical (unpaired) electrons. The molecule has 106 valence electrons. The van der Waals surface area contributed by atoms with E-state index in [-0.39, 0.29) is 0 Å². The van der Waals surface area contributed by atoms with Gasteiger partial charge in [0.25, 0.3) is 0 Å². The second-order valence-electron chi connectivity index (χ2n) is 5.50. The summed E-state index contributed by atoms with van der Waals surface area (Å²) in [5, 5.41) is 10.3. The van der Waals surface area contributed by atoms with Crippen molar-refractivity contribution in [1.29, 1.82) is 0 Å². The molecule has 2 aliphatic heterocycles. The lowest BCUT2D eigenvalue weighted by molar-refractivity contribution is 0.193. The van der Waals surface area contributed by atoms with Crippen molar-refractivity contribution < 1.29 is 4.74 Å². The Labute approximate surface area is 122 Å². The molecular weight excluding hydrogens is 272 g/mol. The highest BCUT2D eigenvalue weighted by atomic mass is 32.1. The molecule has 0 bridgehead atoms. The maximum Gasteiger partial charge on any atom is 0.222 e. The van der Waals surface area contributed by atoms with E-state index in [1.807, 2.05) is 11.3 Å². The highest BCUT2D eigenvalue weighted by Crippen LogP contribution is 2.35. The van der Waals surface area contributed by atoms with Gasteiger partial charge >= 0.3 is 0 Å². The van der Waals surface area contributed by atoms with Gasteiger partial charge in [-0.15, -0.1) is 11.3 Å². The first-order valence-electron chi connectivity index (χ1n) is 7.15. The molecule has 0 spiro atoms. The summed E-state index contributed by atoms with van der Waals surface area (Å²) in [7, 11) is 0. The Morgan fingerprint density at radius 3 is 3.15 bits per heavy atom. The van der Waals surface area contributed by atoms with Gasteiger partial charge in [0.2, 0.25) is 5.95 Å². The third-order valence-electron chi connectivity index (χ3n) is 4.14. The molecule has 6 heteroatoms. The topological polar surface area (TPSA) is 52.0 Å². The summed E-state index contributed by atoms with van der Waals surface area (Å²) in [5.74, 6) is 2.21. The van der Waals surface area contributed by atoms with Crippen LogP contribution in [-0.2, 0) is 4.74 Å². The number of hydrogen-bond acceptors (Lipinski definition) is 5. The van der Waals surface area contributed by atoms with Gasteiger partial charge in [-0.05, 0) is 36.8 Å². The molecule has 2 unspecified atom stereocenters. The van der Waals surface area contributed by atoms with Crippen LogP contribution in [0.1, 0.15) is 41.1 Å². The molecule has 2 aliphatic rings. The Morgan fingerprint density at radius 1 is 1.45 bits per heavy atom. The Morgan fingerprint density at radius 2 is 2.40 bits per heavy atom. The van der Waals surface area contributed by atoms with Gasteiger partial charge in [-0.3, -0.25) is 0 Å². The number of nitrogens with one attached hydrogen (secondary N) is 1. The molecule has 2 aromatic heterocycles. The van der Waals surface area contributed by atoms with Crippen LogP contribution in [0.15, 0.2) is 11.4 Å². The average Bonchev–Trinajstić information content (AvgIpc) is 3.17. The average molecular weight is 290 g/mol. The van der Waals surface area contributed by atoms with Crippen LogP contribution in [0.4, 0.5) is 5.95 Å². The zero-order valence-corrected chi connectivity index (χ0v) is 12.3. The summed E-state index contributed by atoms with van der Waals surface area (Å²) < 4.78 is 7.53. The smallest absolute Gasteiger partial charge is 0.222 e. The van der Waals surface area contributed by atoms with Crippen LogP contribution in [0.25, 0.3) is 0 Å². The molecule has 4 heterocycles. The van der Waals surface area contributed by atoms with Gasteiger partial charge < -0.3 is 10.1 Å². The Bertz CT molecular complexity index is 614. The fraction of sp³-hybridized carbons (Fsp3) is 0.571. The highest BCUT2D eigenvalue weighted by Gasteiger charge is 2.29. The summed E-state index contributed by atoms with van der Waals surface area (Å²) in [4.78, 5) is 6.10. The third-order valence-corrected chi connectivity index (χ3v) is 5.26. The minimum atomic E-state index is 0.329. The molecule has 0 aromatic carbocycles. The second kappa shape index (κ2) is 4.86. The lowest BCUT2D eigenvalue weighted by Gasteiger charge is -2.24. The van der Waals surface area contributed by atoms with Crippen molar-refractivity contribution in [2.75, 3.05) is 25.1 Å². The maximum absolute atomic E-state index is 5.45. The normalized spacial score (nSPS) is 25.4. The number of hydrogen-bond donors (Lipinski definition) is 1. The molecule has 20 heavy (non-hydrogen) atoms. The van der Waals surface area contributed by atoms with Gasteiger partial charge in [-0.2, -0.15) is 10.1 Å². The van der Waals surface area contributed by atoms with Gasteiger partial charge in [0.15, 0.2) is 5.82 Å². The van der Waals surface area contributed by atoms with Crippen LogP contribution in [0.5, 0.6) is 0 Å². The Balaban J connectivity index is 1.71. The van der Waals surface area contributed by atoms with E-state index in [1.54, 1.807) is 0 Å². The van der Waals surface area contributed by atoms with Gasteiger partial charge in [-0.25, -0.2) is 4.68 Å². The molecule has 1 fully saturated rings. The van der Waals surface area contributed by atoms with Gasteiger partial charge in [-0.1, -0.05) is 0 Å². The van der Waals surface area contributed by atoms with Crippen LogP contribution in [0, 0.1) is 6.92 Å². The van der Waals surface area contributed by atoms with Crippen molar-refractivity contribution in [3.8, 4) is 0 Å². The fourth-order valence-corrected chi connectivity index (χ4v) is 4.05. The molecule has 0 aliphatic carbocycles. The number of aryl methyl sites for hydroxylation is 1. The van der Waals surface area contributed by atoms with E-state index in [2.05, 4.69) is 33.4 Å². The van der Waals surface area contributed by atoms with Crippen LogP contribution < -0.4 is 5.32 Å². The van der Waals surface area contributed by atoms with Crippen molar-refractivity contribution in [1.82, 2.24) is 14.8 Å². The third kappa shape index (κ3) is 1.94. The fourth-order valence-electron chi connectivity index (χ4n) is 3.00. The van der Waals surface area contributed by atoms with Gasteiger partial charge in [0.1, 0.15) is 0 Å². The Hall–Kier alpha value is -1.40. The van der Waals surface area contributed by atoms with Crippen molar-refractivity contribution in [2.24, 2.45) is 0 Å². The predicted octanol–water partition coefficient (Wildman–Crippen LogP) is 2.56. The van der Waals surface area contributed by atoms with Crippen molar-refractivity contribution in [2.45, 2.75) is 31.7 Å². The number of aromatic nitrogens is 3. The molecule has 5 nitrogen and oxygen atoms in total. The zero-order chi connectivity index (χ0) is 13.5. The molecule has 2 aromatic rings. The lowest BCUT2D eigenvalue weighted by atomic mass is 10.1. The van der Waals surface area contributed by atoms with E-state index in [4.69, 9.17) is 9.84 Å². The van der Waals surface area contributed by atoms with Gasteiger partial charge in [0, 0.05) is 23.9 Å². The summed E-state index contributed by atoms with van der Waals surface area (Å²) in [6.07, 6.45) is 2.10. The highest BCUT2D eigenvalue weighted by molar-refractivity contribution is 7.10. The summed E-state index contributed by atoms with van der Waals surface area (Å²) >= 11 is 1.82. The standard InChI is InChI=1S/C14H18N4OS/c1-9-4-7-20-12(9)11-2-5-15-14-16-13(17-18(11)14)10-3-6-19-8-10/h4,7,10-11H,2-3,5-6,8H2,1H3,(H,15,16,17). The first kappa shape index (κ1) is 12.3. The number of fused-ring (bicyclic) bond motifs is 1. The maximum atomic E-state index is 5.45. The summed E-state index contributed by atoms with van der Waals surface area (Å²) in [5.41, 5.74) is 1.36. The number of nitrogens with zero attached hydrogens (tertiary/aromatic N) is 3. The quantitative estimate of drug-likeness (QED) is 0.923.